The van der Waals surface area contributed by atoms with Crippen molar-refractivity contribution in [3.8, 4) is 17.1 Å². The van der Waals surface area contributed by atoms with E-state index >= 15 is 0 Å². The lowest BCUT2D eigenvalue weighted by molar-refractivity contribution is 0.417. The van der Waals surface area contributed by atoms with E-state index in [9.17, 15) is 0 Å². The lowest BCUT2D eigenvalue weighted by Gasteiger charge is -2.27. The minimum Gasteiger partial charge on any atom is -0.494 e. The van der Waals surface area contributed by atoms with Crippen molar-refractivity contribution in [2.24, 2.45) is 0 Å². The second kappa shape index (κ2) is 8.43. The molecule has 0 bridgehead atoms. The molecule has 1 saturated heterocycles. The Morgan fingerprint density at radius 2 is 1.97 bits per heavy atom. The molecule has 2 aliphatic rings. The van der Waals surface area contributed by atoms with Crippen molar-refractivity contribution in [3.63, 3.8) is 0 Å². The number of imidazole rings is 1. The number of methoxy groups -OCH3 is 1. The van der Waals surface area contributed by atoms with Gasteiger partial charge in [0.05, 0.1) is 37.1 Å². The molecule has 0 radical (unpaired) electrons. The standard InChI is InChI=1S/C26H31N7O/c1-17-7-8-18(2)33(17)24-10-9-19(14-28-24)26-29-22-5-4-6-23(34-3)25(22)31(26)16-20-13-21-15-27-11-12-32(21)30-20/h4-6,9-10,13-14,17-18,27H,7-8,11-12,15-16H2,1-3H3/t17-,18-/m0/s1. The largest absolute Gasteiger partial charge is 0.494 e. The van der Waals surface area contributed by atoms with Gasteiger partial charge in [0.25, 0.3) is 0 Å². The van der Waals surface area contributed by atoms with E-state index in [0.29, 0.717) is 18.6 Å². The zero-order valence-electron chi connectivity index (χ0n) is 20.0. The van der Waals surface area contributed by atoms with Gasteiger partial charge in [-0.05, 0) is 57.0 Å². The summed E-state index contributed by atoms with van der Waals surface area (Å²) in [5.74, 6) is 2.73. The molecule has 1 N–H and O–H groups in total. The first-order valence-electron chi connectivity index (χ1n) is 12.2. The number of rotatable bonds is 5. The van der Waals surface area contributed by atoms with Gasteiger partial charge in [0.1, 0.15) is 22.9 Å². The fourth-order valence-electron chi connectivity index (χ4n) is 5.50. The lowest BCUT2D eigenvalue weighted by Crippen LogP contribution is -2.33. The van der Waals surface area contributed by atoms with Gasteiger partial charge in [-0.15, -0.1) is 0 Å². The number of para-hydroxylation sites is 1. The first-order chi connectivity index (χ1) is 16.6. The summed E-state index contributed by atoms with van der Waals surface area (Å²) in [6.45, 7) is 7.89. The molecule has 8 heteroatoms. The van der Waals surface area contributed by atoms with E-state index in [1.54, 1.807) is 7.11 Å². The van der Waals surface area contributed by atoms with Crippen LogP contribution >= 0.6 is 0 Å². The molecule has 0 spiro atoms. The molecule has 1 aromatic carbocycles. The predicted octanol–water partition coefficient (Wildman–Crippen LogP) is 3.83. The molecule has 6 rings (SSSR count). The van der Waals surface area contributed by atoms with Crippen molar-refractivity contribution in [3.05, 3.63) is 54.0 Å². The summed E-state index contributed by atoms with van der Waals surface area (Å²) in [6, 6.07) is 13.5. The summed E-state index contributed by atoms with van der Waals surface area (Å²) in [5, 5.41) is 8.29. The molecule has 3 aromatic heterocycles. The molecule has 0 saturated carbocycles. The van der Waals surface area contributed by atoms with E-state index in [1.807, 2.05) is 24.4 Å². The van der Waals surface area contributed by atoms with Gasteiger partial charge in [-0.1, -0.05) is 6.07 Å². The number of hydrogen-bond donors (Lipinski definition) is 1. The zero-order valence-corrected chi connectivity index (χ0v) is 20.0. The van der Waals surface area contributed by atoms with Crippen LogP contribution in [0.25, 0.3) is 22.4 Å². The first-order valence-corrected chi connectivity index (χ1v) is 12.2. The van der Waals surface area contributed by atoms with Crippen molar-refractivity contribution < 1.29 is 4.74 Å². The SMILES string of the molecule is COc1cccc2nc(-c3ccc(N4[C@@H](C)CC[C@@H]4C)nc3)n(Cc3cc4n(n3)CCNC4)c12. The second-order valence-electron chi connectivity index (χ2n) is 9.46. The third-order valence-electron chi connectivity index (χ3n) is 7.21. The molecule has 2 aliphatic heterocycles. The number of ether oxygens (including phenoxy) is 1. The summed E-state index contributed by atoms with van der Waals surface area (Å²) in [6.07, 6.45) is 4.38. The smallest absolute Gasteiger partial charge is 0.144 e. The van der Waals surface area contributed by atoms with Crippen LogP contribution in [0, 0.1) is 0 Å². The van der Waals surface area contributed by atoms with Crippen molar-refractivity contribution in [1.82, 2.24) is 29.6 Å². The number of nitrogens with zero attached hydrogens (tertiary/aromatic N) is 6. The Balaban J connectivity index is 1.42. The number of anilines is 1. The van der Waals surface area contributed by atoms with Crippen LogP contribution in [0.3, 0.4) is 0 Å². The van der Waals surface area contributed by atoms with E-state index in [1.165, 1.54) is 18.5 Å². The Labute approximate surface area is 199 Å². The molecule has 4 aromatic rings. The average Bonchev–Trinajstić information content (AvgIpc) is 3.54. The Kier molecular flexibility index (Phi) is 5.25. The zero-order chi connectivity index (χ0) is 23.2. The molecular weight excluding hydrogens is 426 g/mol. The van der Waals surface area contributed by atoms with E-state index in [4.69, 9.17) is 19.8 Å². The summed E-state index contributed by atoms with van der Waals surface area (Å²) in [7, 11) is 1.71. The van der Waals surface area contributed by atoms with Crippen LogP contribution in [0.15, 0.2) is 42.6 Å². The molecule has 2 atom stereocenters. The minimum absolute atomic E-state index is 0.517. The van der Waals surface area contributed by atoms with Gasteiger partial charge in [0, 0.05) is 36.9 Å². The van der Waals surface area contributed by atoms with Crippen molar-refractivity contribution in [2.75, 3.05) is 18.6 Å². The number of aromatic nitrogens is 5. The van der Waals surface area contributed by atoms with E-state index in [2.05, 4.69) is 51.5 Å². The van der Waals surface area contributed by atoms with Gasteiger partial charge in [0.15, 0.2) is 0 Å². The maximum Gasteiger partial charge on any atom is 0.144 e. The topological polar surface area (TPSA) is 73.0 Å². The van der Waals surface area contributed by atoms with Gasteiger partial charge in [-0.3, -0.25) is 4.68 Å². The van der Waals surface area contributed by atoms with Crippen LogP contribution in [0.5, 0.6) is 5.75 Å². The highest BCUT2D eigenvalue weighted by atomic mass is 16.5. The van der Waals surface area contributed by atoms with Crippen LogP contribution < -0.4 is 15.0 Å². The third-order valence-corrected chi connectivity index (χ3v) is 7.21. The summed E-state index contributed by atoms with van der Waals surface area (Å²) < 4.78 is 10.1. The van der Waals surface area contributed by atoms with Crippen LogP contribution in [-0.4, -0.2) is 50.1 Å². The Morgan fingerprint density at radius 1 is 1.12 bits per heavy atom. The quantitative estimate of drug-likeness (QED) is 0.491. The monoisotopic (exact) mass is 457 g/mol. The maximum absolute atomic E-state index is 5.73. The normalized spacial score (nSPS) is 20.1. The molecule has 5 heterocycles. The molecule has 0 unspecified atom stereocenters. The summed E-state index contributed by atoms with van der Waals surface area (Å²) in [4.78, 5) is 12.3. The third kappa shape index (κ3) is 3.53. The molecule has 8 nitrogen and oxygen atoms in total. The molecule has 34 heavy (non-hydrogen) atoms. The van der Waals surface area contributed by atoms with Gasteiger partial charge < -0.3 is 19.5 Å². The fraction of sp³-hybridized carbons (Fsp3) is 0.423. The molecule has 176 valence electrons. The first kappa shape index (κ1) is 21.2. The molecule has 0 amide bonds. The van der Waals surface area contributed by atoms with Crippen LogP contribution in [0.2, 0.25) is 0 Å². The fourth-order valence-corrected chi connectivity index (χ4v) is 5.50. The Bertz CT molecular complexity index is 1290. The predicted molar refractivity (Wildman–Crippen MR) is 133 cm³/mol. The highest BCUT2D eigenvalue weighted by Gasteiger charge is 2.28. The summed E-state index contributed by atoms with van der Waals surface area (Å²) in [5.41, 5.74) is 5.13. The van der Waals surface area contributed by atoms with Crippen LogP contribution in [-0.2, 0) is 19.6 Å². The molecule has 1 fully saturated rings. The van der Waals surface area contributed by atoms with E-state index < -0.39 is 0 Å². The van der Waals surface area contributed by atoms with Gasteiger partial charge in [-0.2, -0.15) is 5.10 Å². The van der Waals surface area contributed by atoms with E-state index in [0.717, 1.165) is 59.3 Å². The maximum atomic E-state index is 5.73. The minimum atomic E-state index is 0.517. The summed E-state index contributed by atoms with van der Waals surface area (Å²) >= 11 is 0. The van der Waals surface area contributed by atoms with E-state index in [-0.39, 0.29) is 0 Å². The van der Waals surface area contributed by atoms with Crippen LogP contribution in [0.1, 0.15) is 38.1 Å². The highest BCUT2D eigenvalue weighted by Crippen LogP contribution is 2.33. The molecular formula is C26H31N7O. The van der Waals surface area contributed by atoms with Gasteiger partial charge in [0.2, 0.25) is 0 Å². The van der Waals surface area contributed by atoms with Crippen molar-refractivity contribution in [2.45, 2.75) is 58.4 Å². The van der Waals surface area contributed by atoms with Crippen molar-refractivity contribution >= 4 is 16.9 Å². The molecule has 0 aliphatic carbocycles. The average molecular weight is 458 g/mol. The van der Waals surface area contributed by atoms with Gasteiger partial charge in [-0.25, -0.2) is 9.97 Å². The van der Waals surface area contributed by atoms with Gasteiger partial charge >= 0.3 is 0 Å². The second-order valence-corrected chi connectivity index (χ2v) is 9.46. The van der Waals surface area contributed by atoms with Crippen LogP contribution in [0.4, 0.5) is 5.82 Å². The Hall–Kier alpha value is -3.39. The Morgan fingerprint density at radius 3 is 2.71 bits per heavy atom. The number of nitrogens with one attached hydrogen (secondary N) is 1. The highest BCUT2D eigenvalue weighted by molar-refractivity contribution is 5.86. The number of fused-ring (bicyclic) bond motifs is 2. The number of hydrogen-bond acceptors (Lipinski definition) is 6. The number of benzene rings is 1. The lowest BCUT2D eigenvalue weighted by atomic mass is 10.2. The van der Waals surface area contributed by atoms with Crippen molar-refractivity contribution in [1.29, 1.82) is 0 Å². The number of pyridine rings is 1.